The van der Waals surface area contributed by atoms with Crippen molar-refractivity contribution in [2.45, 2.75) is 71.4 Å². The van der Waals surface area contributed by atoms with Gasteiger partial charge in [-0.2, -0.15) is 0 Å². The Morgan fingerprint density at radius 1 is 0.882 bits per heavy atom. The van der Waals surface area contributed by atoms with E-state index in [4.69, 9.17) is 13.9 Å². The molecular formula is C44H47FNO3PSi. The van der Waals surface area contributed by atoms with Crippen molar-refractivity contribution in [2.75, 3.05) is 13.3 Å². The molecule has 262 valence electrons. The third-order valence-corrected chi connectivity index (χ3v) is 17.0. The van der Waals surface area contributed by atoms with Gasteiger partial charge in [0.1, 0.15) is 5.82 Å². The Hall–Kier alpha value is -4.11. The molecule has 1 aliphatic carbocycles. The molecule has 0 saturated carbocycles. The topological polar surface area (TPSA) is 48.4 Å². The van der Waals surface area contributed by atoms with Crippen molar-refractivity contribution < 1.29 is 17.9 Å². The van der Waals surface area contributed by atoms with Crippen LogP contribution in [0.5, 0.6) is 0 Å². The molecule has 1 aromatic heterocycles. The zero-order valence-corrected chi connectivity index (χ0v) is 32.6. The number of pyridine rings is 1. The predicted molar refractivity (Wildman–Crippen MR) is 211 cm³/mol. The highest BCUT2D eigenvalue weighted by molar-refractivity contribution is 7.64. The summed E-state index contributed by atoms with van der Waals surface area (Å²) >= 11 is 0. The first-order valence-electron chi connectivity index (χ1n) is 17.8. The first-order chi connectivity index (χ1) is 24.4. The summed E-state index contributed by atoms with van der Waals surface area (Å²) in [7, 11) is -5.00. The van der Waals surface area contributed by atoms with Crippen LogP contribution in [0, 0.1) is 17.4 Å². The molecule has 0 radical (unpaired) electrons. The summed E-state index contributed by atoms with van der Waals surface area (Å²) in [6.45, 7) is 13.0. The number of benzene rings is 4. The SMILES string of the molecule is CC[C@@H](CP(=O)(C#Cc1c(C(C)C)nc2c(c1-c1ccc(F)cc1)Cc1ccccc1-2)OC)O[Si](c1ccccc1)(c1ccccc1)C(C)(C)C. The van der Waals surface area contributed by atoms with E-state index in [0.717, 1.165) is 44.0 Å². The van der Waals surface area contributed by atoms with Crippen molar-refractivity contribution >= 4 is 26.1 Å². The molecule has 51 heavy (non-hydrogen) atoms. The van der Waals surface area contributed by atoms with E-state index in [0.29, 0.717) is 18.4 Å². The molecule has 1 heterocycles. The highest BCUT2D eigenvalue weighted by atomic mass is 31.2. The van der Waals surface area contributed by atoms with Crippen LogP contribution < -0.4 is 10.4 Å². The van der Waals surface area contributed by atoms with E-state index >= 15 is 0 Å². The van der Waals surface area contributed by atoms with Crippen LogP contribution in [-0.4, -0.2) is 32.7 Å². The number of rotatable bonds is 10. The summed E-state index contributed by atoms with van der Waals surface area (Å²) in [4.78, 5) is 5.22. The zero-order valence-electron chi connectivity index (χ0n) is 30.7. The molecule has 1 aliphatic rings. The van der Waals surface area contributed by atoms with Gasteiger partial charge in [-0.1, -0.05) is 145 Å². The van der Waals surface area contributed by atoms with E-state index < -0.39 is 15.7 Å². The minimum absolute atomic E-state index is 0.0235. The molecule has 2 atom stereocenters. The highest BCUT2D eigenvalue weighted by Gasteiger charge is 2.51. The number of hydrogen-bond donors (Lipinski definition) is 0. The Labute approximate surface area is 304 Å². The van der Waals surface area contributed by atoms with Gasteiger partial charge in [0, 0.05) is 24.7 Å². The maximum atomic E-state index is 14.8. The second-order valence-corrected chi connectivity index (χ2v) is 21.2. The molecule has 0 fully saturated rings. The summed E-state index contributed by atoms with van der Waals surface area (Å²) in [6, 6.07) is 35.8. The van der Waals surface area contributed by atoms with Crippen LogP contribution in [0.3, 0.4) is 0 Å². The van der Waals surface area contributed by atoms with E-state index in [1.54, 1.807) is 12.1 Å². The van der Waals surface area contributed by atoms with E-state index in [2.05, 4.69) is 114 Å². The minimum Gasteiger partial charge on any atom is -0.404 e. The van der Waals surface area contributed by atoms with E-state index in [9.17, 15) is 8.96 Å². The van der Waals surface area contributed by atoms with Gasteiger partial charge in [0.05, 0.1) is 29.2 Å². The summed E-state index contributed by atoms with van der Waals surface area (Å²) in [6.07, 6.45) is 1.08. The first kappa shape index (κ1) is 36.7. The fourth-order valence-corrected chi connectivity index (χ4v) is 13.8. The summed E-state index contributed by atoms with van der Waals surface area (Å²) < 4.78 is 42.3. The quantitative estimate of drug-likeness (QED) is 0.0805. The average Bonchev–Trinajstić information content (AvgIpc) is 3.51. The van der Waals surface area contributed by atoms with Gasteiger partial charge in [-0.15, -0.1) is 0 Å². The van der Waals surface area contributed by atoms with Crippen molar-refractivity contribution in [1.29, 1.82) is 0 Å². The van der Waals surface area contributed by atoms with Gasteiger partial charge in [0.2, 0.25) is 0 Å². The monoisotopic (exact) mass is 715 g/mol. The van der Waals surface area contributed by atoms with Gasteiger partial charge in [-0.05, 0) is 62.2 Å². The molecular weight excluding hydrogens is 669 g/mol. The molecule has 0 saturated heterocycles. The molecule has 0 N–H and O–H groups in total. The zero-order chi connectivity index (χ0) is 36.4. The van der Waals surface area contributed by atoms with E-state index in [1.165, 1.54) is 24.8 Å². The fourth-order valence-electron chi connectivity index (χ4n) is 7.38. The predicted octanol–water partition coefficient (Wildman–Crippen LogP) is 10.2. The van der Waals surface area contributed by atoms with Crippen molar-refractivity contribution in [3.05, 3.63) is 137 Å². The Morgan fingerprint density at radius 3 is 2.02 bits per heavy atom. The van der Waals surface area contributed by atoms with Gasteiger partial charge in [0.25, 0.3) is 15.7 Å². The Balaban J connectivity index is 1.46. The first-order valence-corrected chi connectivity index (χ1v) is 21.5. The van der Waals surface area contributed by atoms with Crippen LogP contribution in [0.1, 0.15) is 76.3 Å². The largest absolute Gasteiger partial charge is 0.404 e. The molecule has 0 bridgehead atoms. The second kappa shape index (κ2) is 14.9. The van der Waals surface area contributed by atoms with Crippen LogP contribution in [0.2, 0.25) is 5.04 Å². The molecule has 0 spiro atoms. The van der Waals surface area contributed by atoms with Crippen molar-refractivity contribution in [1.82, 2.24) is 4.98 Å². The van der Waals surface area contributed by atoms with Crippen molar-refractivity contribution in [3.63, 3.8) is 0 Å². The Morgan fingerprint density at radius 2 is 1.47 bits per heavy atom. The van der Waals surface area contributed by atoms with Crippen LogP contribution >= 0.6 is 7.37 Å². The van der Waals surface area contributed by atoms with Crippen molar-refractivity contribution in [2.24, 2.45) is 0 Å². The normalized spacial score (nSPS) is 14.3. The number of hydrogen-bond acceptors (Lipinski definition) is 4. The summed E-state index contributed by atoms with van der Waals surface area (Å²) in [5, 5.41) is 2.09. The number of aromatic nitrogens is 1. The molecule has 4 nitrogen and oxygen atoms in total. The molecule has 4 aromatic carbocycles. The van der Waals surface area contributed by atoms with Gasteiger partial charge in [-0.3, -0.25) is 9.55 Å². The van der Waals surface area contributed by atoms with Gasteiger partial charge in [-0.25, -0.2) is 4.39 Å². The second-order valence-electron chi connectivity index (χ2n) is 14.7. The third-order valence-electron chi connectivity index (χ3n) is 9.95. The summed E-state index contributed by atoms with van der Waals surface area (Å²) in [5.41, 5.74) is 10.7. The van der Waals surface area contributed by atoms with Crippen LogP contribution in [-0.2, 0) is 19.9 Å². The van der Waals surface area contributed by atoms with E-state index in [1.807, 2.05) is 24.3 Å². The lowest BCUT2D eigenvalue weighted by Crippen LogP contribution is -2.67. The number of nitrogens with zero attached hydrogens (tertiary/aromatic N) is 1. The van der Waals surface area contributed by atoms with Gasteiger partial charge in [0.15, 0.2) is 0 Å². The molecule has 6 rings (SSSR count). The smallest absolute Gasteiger partial charge is 0.276 e. The molecule has 1 unspecified atom stereocenters. The Kier molecular flexibility index (Phi) is 10.7. The van der Waals surface area contributed by atoms with Gasteiger partial charge >= 0.3 is 0 Å². The third kappa shape index (κ3) is 7.19. The van der Waals surface area contributed by atoms with Crippen LogP contribution in [0.15, 0.2) is 109 Å². The molecule has 7 heteroatoms. The number of fused-ring (bicyclic) bond motifs is 3. The summed E-state index contributed by atoms with van der Waals surface area (Å²) in [5.74, 6) is 3.09. The Bertz CT molecular complexity index is 2080. The number of halogens is 1. The lowest BCUT2D eigenvalue weighted by molar-refractivity contribution is 0.200. The maximum absolute atomic E-state index is 14.8. The van der Waals surface area contributed by atoms with E-state index in [-0.39, 0.29) is 29.0 Å². The lowest BCUT2D eigenvalue weighted by atomic mass is 9.90. The van der Waals surface area contributed by atoms with Crippen molar-refractivity contribution in [3.8, 4) is 34.0 Å². The maximum Gasteiger partial charge on any atom is 0.276 e. The van der Waals surface area contributed by atoms with Crippen LogP contribution in [0.25, 0.3) is 22.4 Å². The minimum atomic E-state index is -3.56. The van der Waals surface area contributed by atoms with Gasteiger partial charge < -0.3 is 8.95 Å². The standard InChI is InChI=1S/C44H47FNO3PSi/c1-8-35(49-51(44(4,5)6,36-18-11-9-12-19-36)37-20-13-10-14-21-37)30-50(47,48-7)28-27-39-41(32-23-25-34(45)26-24-32)40-29-33-17-15-16-22-38(33)43(40)46-42(39)31(2)3/h9-26,31,35H,8,29-30H2,1-7H3/t35-,50?/m0/s1. The molecule has 5 aromatic rings. The van der Waals surface area contributed by atoms with Crippen LogP contribution in [0.4, 0.5) is 4.39 Å². The lowest BCUT2D eigenvalue weighted by Gasteiger charge is -2.45. The molecule has 0 amide bonds. The highest BCUT2D eigenvalue weighted by Crippen LogP contribution is 2.49. The fraction of sp³-hybridized carbons (Fsp3) is 0.295. The molecule has 0 aliphatic heterocycles. The average molecular weight is 716 g/mol.